The van der Waals surface area contributed by atoms with Crippen LogP contribution in [0.5, 0.6) is 0 Å². The first-order valence-corrected chi connectivity index (χ1v) is 11.2. The molecule has 3 aromatic carbocycles. The number of carbonyl (C=O) groups excluding carboxylic acids is 1. The highest BCUT2D eigenvalue weighted by Crippen LogP contribution is 2.22. The average molecular weight is 455 g/mol. The third-order valence-electron chi connectivity index (χ3n) is 4.89. The standard InChI is InChI=1S/C23H22N2O6S/c1-16-7-13-20(14-8-16)32(29,30)24-22(21-6-4-3-5-17(21)2)15-31-23(26)18-9-11-19(12-10-18)25(27)28/h3-14,22,24H,15H2,1-2H3. The van der Waals surface area contributed by atoms with Crippen molar-refractivity contribution >= 4 is 21.7 Å². The molecule has 0 heterocycles. The number of ether oxygens (including phenoxy) is 1. The van der Waals surface area contributed by atoms with Crippen molar-refractivity contribution in [1.82, 2.24) is 4.72 Å². The van der Waals surface area contributed by atoms with Gasteiger partial charge >= 0.3 is 5.97 Å². The summed E-state index contributed by atoms with van der Waals surface area (Å²) in [5.41, 5.74) is 2.40. The minimum absolute atomic E-state index is 0.100. The Balaban J connectivity index is 1.82. The predicted octanol–water partition coefficient (Wildman–Crippen LogP) is 4.09. The normalized spacial score (nSPS) is 12.2. The fraction of sp³-hybridized carbons (Fsp3) is 0.174. The summed E-state index contributed by atoms with van der Waals surface area (Å²) in [6, 6.07) is 17.8. The van der Waals surface area contributed by atoms with Gasteiger partial charge in [0.1, 0.15) is 6.61 Å². The van der Waals surface area contributed by atoms with Gasteiger partial charge < -0.3 is 4.74 Å². The molecule has 0 saturated heterocycles. The van der Waals surface area contributed by atoms with E-state index in [1.165, 1.54) is 36.4 Å². The Morgan fingerprint density at radius 3 is 2.22 bits per heavy atom. The smallest absolute Gasteiger partial charge is 0.338 e. The predicted molar refractivity (Wildman–Crippen MR) is 119 cm³/mol. The lowest BCUT2D eigenvalue weighted by atomic mass is 10.0. The molecule has 32 heavy (non-hydrogen) atoms. The number of carbonyl (C=O) groups is 1. The van der Waals surface area contributed by atoms with Gasteiger partial charge in [-0.1, -0.05) is 42.0 Å². The van der Waals surface area contributed by atoms with Gasteiger partial charge in [-0.3, -0.25) is 10.1 Å². The van der Waals surface area contributed by atoms with Gasteiger partial charge in [0, 0.05) is 12.1 Å². The van der Waals surface area contributed by atoms with Crippen molar-refractivity contribution in [3.8, 4) is 0 Å². The number of non-ortho nitro benzene ring substituents is 1. The van der Waals surface area contributed by atoms with E-state index in [-0.39, 0.29) is 22.8 Å². The molecule has 0 radical (unpaired) electrons. The van der Waals surface area contributed by atoms with Crippen LogP contribution in [0.25, 0.3) is 0 Å². The fourth-order valence-corrected chi connectivity index (χ4v) is 4.30. The van der Waals surface area contributed by atoms with Crippen molar-refractivity contribution in [3.05, 3.63) is 105 Å². The van der Waals surface area contributed by atoms with Gasteiger partial charge in [-0.25, -0.2) is 17.9 Å². The van der Waals surface area contributed by atoms with Gasteiger partial charge in [-0.15, -0.1) is 0 Å². The van der Waals surface area contributed by atoms with E-state index < -0.39 is 27.0 Å². The molecule has 9 heteroatoms. The summed E-state index contributed by atoms with van der Waals surface area (Å²) >= 11 is 0. The number of benzene rings is 3. The quantitative estimate of drug-likeness (QED) is 0.311. The molecule has 0 bridgehead atoms. The molecule has 1 atom stereocenters. The van der Waals surface area contributed by atoms with E-state index in [0.29, 0.717) is 5.56 Å². The van der Waals surface area contributed by atoms with Crippen LogP contribution in [0.4, 0.5) is 5.69 Å². The zero-order chi connectivity index (χ0) is 23.3. The zero-order valence-corrected chi connectivity index (χ0v) is 18.3. The molecule has 3 rings (SSSR count). The SMILES string of the molecule is Cc1ccc(S(=O)(=O)NC(COC(=O)c2ccc([N+](=O)[O-])cc2)c2ccccc2C)cc1. The van der Waals surface area contributed by atoms with Crippen LogP contribution in [0.1, 0.15) is 33.1 Å². The highest BCUT2D eigenvalue weighted by Gasteiger charge is 2.24. The van der Waals surface area contributed by atoms with Crippen LogP contribution in [-0.2, 0) is 14.8 Å². The highest BCUT2D eigenvalue weighted by molar-refractivity contribution is 7.89. The van der Waals surface area contributed by atoms with E-state index in [9.17, 15) is 23.3 Å². The van der Waals surface area contributed by atoms with E-state index in [2.05, 4.69) is 4.72 Å². The summed E-state index contributed by atoms with van der Waals surface area (Å²) in [6.45, 7) is 3.43. The molecule has 0 aliphatic carbocycles. The molecular weight excluding hydrogens is 432 g/mol. The van der Waals surface area contributed by atoms with Crippen molar-refractivity contribution in [3.63, 3.8) is 0 Å². The third-order valence-corrected chi connectivity index (χ3v) is 6.38. The largest absolute Gasteiger partial charge is 0.460 e. The Morgan fingerprint density at radius 2 is 1.62 bits per heavy atom. The summed E-state index contributed by atoms with van der Waals surface area (Å²) in [5, 5.41) is 10.8. The van der Waals surface area contributed by atoms with Gasteiger partial charge in [0.15, 0.2) is 0 Å². The van der Waals surface area contributed by atoms with Crippen LogP contribution in [0, 0.1) is 24.0 Å². The van der Waals surface area contributed by atoms with Crippen molar-refractivity contribution in [1.29, 1.82) is 0 Å². The second-order valence-electron chi connectivity index (χ2n) is 7.25. The number of nitro benzene ring substituents is 1. The topological polar surface area (TPSA) is 116 Å². The number of esters is 1. The maximum Gasteiger partial charge on any atom is 0.338 e. The van der Waals surface area contributed by atoms with Crippen LogP contribution in [0.15, 0.2) is 77.7 Å². The molecule has 0 spiro atoms. The Bertz CT molecular complexity index is 1220. The number of nitrogens with zero attached hydrogens (tertiary/aromatic N) is 1. The minimum atomic E-state index is -3.89. The summed E-state index contributed by atoms with van der Waals surface area (Å²) in [4.78, 5) is 22.8. The number of rotatable bonds is 8. The number of hydrogen-bond donors (Lipinski definition) is 1. The van der Waals surface area contributed by atoms with Crippen LogP contribution < -0.4 is 4.72 Å². The molecule has 0 fully saturated rings. The van der Waals surface area contributed by atoms with Crippen LogP contribution in [0.2, 0.25) is 0 Å². The minimum Gasteiger partial charge on any atom is -0.460 e. The number of nitro groups is 1. The monoisotopic (exact) mass is 454 g/mol. The second-order valence-corrected chi connectivity index (χ2v) is 8.96. The molecule has 8 nitrogen and oxygen atoms in total. The van der Waals surface area contributed by atoms with E-state index in [1.807, 2.05) is 26.0 Å². The molecule has 1 N–H and O–H groups in total. The first-order valence-electron chi connectivity index (χ1n) is 9.73. The molecule has 0 aliphatic rings. The molecular formula is C23H22N2O6S. The van der Waals surface area contributed by atoms with E-state index in [1.54, 1.807) is 24.3 Å². The fourth-order valence-electron chi connectivity index (χ4n) is 3.10. The van der Waals surface area contributed by atoms with Gasteiger partial charge in [-0.05, 0) is 49.2 Å². The molecule has 166 valence electrons. The van der Waals surface area contributed by atoms with Gasteiger partial charge in [0.2, 0.25) is 10.0 Å². The summed E-state index contributed by atoms with van der Waals surface area (Å²) in [5.74, 6) is -0.715. The third kappa shape index (κ3) is 5.57. The number of nitrogens with one attached hydrogen (secondary N) is 1. The van der Waals surface area contributed by atoms with E-state index >= 15 is 0 Å². The number of aryl methyl sites for hydroxylation is 2. The van der Waals surface area contributed by atoms with Crippen molar-refractivity contribution in [2.45, 2.75) is 24.8 Å². The Kier molecular flexibility index (Phi) is 7.01. The second kappa shape index (κ2) is 9.71. The lowest BCUT2D eigenvalue weighted by Crippen LogP contribution is -2.32. The van der Waals surface area contributed by atoms with Gasteiger partial charge in [-0.2, -0.15) is 0 Å². The number of hydrogen-bond acceptors (Lipinski definition) is 6. The maximum absolute atomic E-state index is 12.9. The van der Waals surface area contributed by atoms with Gasteiger partial charge in [0.05, 0.1) is 21.4 Å². The lowest BCUT2D eigenvalue weighted by molar-refractivity contribution is -0.384. The summed E-state index contributed by atoms with van der Waals surface area (Å²) < 4.78 is 33.9. The Morgan fingerprint density at radius 1 is 1.00 bits per heavy atom. The molecule has 0 saturated carbocycles. The van der Waals surface area contributed by atoms with Crippen LogP contribution >= 0.6 is 0 Å². The zero-order valence-electron chi connectivity index (χ0n) is 17.5. The average Bonchev–Trinajstić information content (AvgIpc) is 2.77. The first-order chi connectivity index (χ1) is 15.2. The molecule has 3 aromatic rings. The summed E-state index contributed by atoms with van der Waals surface area (Å²) in [7, 11) is -3.89. The van der Waals surface area contributed by atoms with E-state index in [4.69, 9.17) is 4.74 Å². The van der Waals surface area contributed by atoms with Gasteiger partial charge in [0.25, 0.3) is 5.69 Å². The summed E-state index contributed by atoms with van der Waals surface area (Å²) in [6.07, 6.45) is 0. The Hall–Kier alpha value is -3.56. The van der Waals surface area contributed by atoms with Crippen molar-refractivity contribution < 1.29 is 22.9 Å². The van der Waals surface area contributed by atoms with Crippen molar-refractivity contribution in [2.75, 3.05) is 6.61 Å². The Labute approximate surface area is 186 Å². The first kappa shape index (κ1) is 23.1. The van der Waals surface area contributed by atoms with Crippen LogP contribution in [0.3, 0.4) is 0 Å². The molecule has 1 unspecified atom stereocenters. The maximum atomic E-state index is 12.9. The lowest BCUT2D eigenvalue weighted by Gasteiger charge is -2.21. The molecule has 0 aliphatic heterocycles. The number of sulfonamides is 1. The molecule has 0 aromatic heterocycles. The van der Waals surface area contributed by atoms with Crippen LogP contribution in [-0.4, -0.2) is 25.9 Å². The molecule has 0 amide bonds. The van der Waals surface area contributed by atoms with E-state index in [0.717, 1.165) is 11.1 Å². The highest BCUT2D eigenvalue weighted by atomic mass is 32.2. The van der Waals surface area contributed by atoms with Crippen molar-refractivity contribution in [2.24, 2.45) is 0 Å².